The Balaban J connectivity index is 1.47. The largest absolute Gasteiger partial charge is 0.348 e. The molecule has 5 nitrogen and oxygen atoms in total. The minimum absolute atomic E-state index is 0.247. The van der Waals surface area contributed by atoms with Crippen molar-refractivity contribution in [3.8, 4) is 0 Å². The van der Waals surface area contributed by atoms with Gasteiger partial charge in [0.1, 0.15) is 5.82 Å². The summed E-state index contributed by atoms with van der Waals surface area (Å²) < 4.78 is 0. The fourth-order valence-electron chi connectivity index (χ4n) is 2.86. The van der Waals surface area contributed by atoms with Crippen LogP contribution in [0.1, 0.15) is 36.6 Å². The zero-order chi connectivity index (χ0) is 14.5. The molecular formula is C16H20N4O. The summed E-state index contributed by atoms with van der Waals surface area (Å²) in [6, 6.07) is 3.93. The Morgan fingerprint density at radius 2 is 2.19 bits per heavy atom. The van der Waals surface area contributed by atoms with Crippen LogP contribution in [0.3, 0.4) is 0 Å². The molecule has 2 aromatic heterocycles. The number of nitrogens with zero attached hydrogens (tertiary/aromatic N) is 3. The summed E-state index contributed by atoms with van der Waals surface area (Å²) in [6.45, 7) is 1.66. The molecule has 2 aromatic rings. The number of pyridine rings is 1. The lowest BCUT2D eigenvalue weighted by Crippen LogP contribution is -2.38. The van der Waals surface area contributed by atoms with Crippen LogP contribution in [0, 0.1) is 0 Å². The molecule has 0 aromatic carbocycles. The fourth-order valence-corrected chi connectivity index (χ4v) is 2.86. The van der Waals surface area contributed by atoms with Gasteiger partial charge in [-0.1, -0.05) is 6.07 Å². The number of aromatic amines is 1. The minimum atomic E-state index is 0.247. The standard InChI is InChI=1S/C16H20N4O/c21-15(4-3-13-2-1-7-17-12-13)20-10-5-14(6-11-20)16-18-8-9-19-16/h1-2,7-9,12,14H,3-6,10-11H2,(H,18,19). The van der Waals surface area contributed by atoms with Crippen molar-refractivity contribution in [3.05, 3.63) is 48.3 Å². The predicted molar refractivity (Wildman–Crippen MR) is 79.7 cm³/mol. The first-order valence-electron chi connectivity index (χ1n) is 7.49. The van der Waals surface area contributed by atoms with E-state index in [1.54, 1.807) is 12.4 Å². The molecule has 110 valence electrons. The van der Waals surface area contributed by atoms with E-state index < -0.39 is 0 Å². The lowest BCUT2D eigenvalue weighted by molar-refractivity contribution is -0.132. The molecule has 0 atom stereocenters. The van der Waals surface area contributed by atoms with Crippen LogP contribution >= 0.6 is 0 Å². The summed E-state index contributed by atoms with van der Waals surface area (Å²) in [4.78, 5) is 25.8. The zero-order valence-electron chi connectivity index (χ0n) is 12.0. The van der Waals surface area contributed by atoms with Gasteiger partial charge in [-0.15, -0.1) is 0 Å². The molecular weight excluding hydrogens is 264 g/mol. The molecule has 1 saturated heterocycles. The third kappa shape index (κ3) is 3.48. The molecule has 0 aliphatic carbocycles. The summed E-state index contributed by atoms with van der Waals surface area (Å²) in [6.07, 6.45) is 10.6. The third-order valence-corrected chi connectivity index (χ3v) is 4.10. The highest BCUT2D eigenvalue weighted by molar-refractivity contribution is 5.76. The molecule has 1 fully saturated rings. The second kappa shape index (κ2) is 6.52. The molecule has 0 saturated carbocycles. The van der Waals surface area contributed by atoms with E-state index in [1.807, 2.05) is 29.4 Å². The van der Waals surface area contributed by atoms with Crippen molar-refractivity contribution < 1.29 is 4.79 Å². The summed E-state index contributed by atoms with van der Waals surface area (Å²) in [5, 5.41) is 0. The SMILES string of the molecule is O=C(CCc1cccnc1)N1CCC(c2ncc[nH]2)CC1. The maximum Gasteiger partial charge on any atom is 0.222 e. The number of likely N-dealkylation sites (tertiary alicyclic amines) is 1. The van der Waals surface area contributed by atoms with E-state index in [9.17, 15) is 4.79 Å². The number of aromatic nitrogens is 3. The number of amides is 1. The Morgan fingerprint density at radius 1 is 1.33 bits per heavy atom. The van der Waals surface area contributed by atoms with Crippen LogP contribution in [0.2, 0.25) is 0 Å². The van der Waals surface area contributed by atoms with Crippen molar-refractivity contribution in [3.63, 3.8) is 0 Å². The number of aryl methyl sites for hydroxylation is 1. The van der Waals surface area contributed by atoms with Gasteiger partial charge in [-0.25, -0.2) is 4.98 Å². The fraction of sp³-hybridized carbons (Fsp3) is 0.438. The van der Waals surface area contributed by atoms with Gasteiger partial charge in [-0.2, -0.15) is 0 Å². The van der Waals surface area contributed by atoms with Crippen LogP contribution in [0.4, 0.5) is 0 Å². The number of imidazole rings is 1. The Kier molecular flexibility index (Phi) is 4.28. The first-order chi connectivity index (χ1) is 10.3. The highest BCUT2D eigenvalue weighted by atomic mass is 16.2. The van der Waals surface area contributed by atoms with E-state index in [0.717, 1.165) is 43.7 Å². The van der Waals surface area contributed by atoms with Crippen molar-refractivity contribution in [2.75, 3.05) is 13.1 Å². The average Bonchev–Trinajstić information content (AvgIpc) is 3.08. The molecule has 21 heavy (non-hydrogen) atoms. The van der Waals surface area contributed by atoms with Crippen molar-refractivity contribution >= 4 is 5.91 Å². The Morgan fingerprint density at radius 3 is 2.86 bits per heavy atom. The van der Waals surface area contributed by atoms with Crippen molar-refractivity contribution in [1.29, 1.82) is 0 Å². The van der Waals surface area contributed by atoms with Crippen molar-refractivity contribution in [2.45, 2.75) is 31.6 Å². The summed E-state index contributed by atoms with van der Waals surface area (Å²) in [5.41, 5.74) is 1.12. The highest BCUT2D eigenvalue weighted by Crippen LogP contribution is 2.25. The Hall–Kier alpha value is -2.17. The van der Waals surface area contributed by atoms with Crippen molar-refractivity contribution in [1.82, 2.24) is 19.9 Å². The lowest BCUT2D eigenvalue weighted by Gasteiger charge is -2.31. The number of hydrogen-bond acceptors (Lipinski definition) is 3. The number of piperidine rings is 1. The van der Waals surface area contributed by atoms with Gasteiger partial charge in [0, 0.05) is 50.2 Å². The normalized spacial score (nSPS) is 16.1. The van der Waals surface area contributed by atoms with E-state index in [0.29, 0.717) is 12.3 Å². The molecule has 0 radical (unpaired) electrons. The van der Waals surface area contributed by atoms with E-state index in [4.69, 9.17) is 0 Å². The maximum atomic E-state index is 12.2. The molecule has 1 amide bonds. The molecule has 3 rings (SSSR count). The van der Waals surface area contributed by atoms with Gasteiger partial charge in [-0.05, 0) is 30.9 Å². The number of carbonyl (C=O) groups excluding carboxylic acids is 1. The number of H-pyrrole nitrogens is 1. The molecule has 1 aliphatic heterocycles. The minimum Gasteiger partial charge on any atom is -0.348 e. The Labute approximate surface area is 124 Å². The number of hydrogen-bond donors (Lipinski definition) is 1. The molecule has 0 spiro atoms. The number of nitrogens with one attached hydrogen (secondary N) is 1. The quantitative estimate of drug-likeness (QED) is 0.935. The molecule has 5 heteroatoms. The van der Waals surface area contributed by atoms with E-state index in [2.05, 4.69) is 15.0 Å². The zero-order valence-corrected chi connectivity index (χ0v) is 12.0. The van der Waals surface area contributed by atoms with Gasteiger partial charge in [0.15, 0.2) is 0 Å². The van der Waals surface area contributed by atoms with Crippen LogP contribution in [0.15, 0.2) is 36.9 Å². The van der Waals surface area contributed by atoms with Gasteiger partial charge in [-0.3, -0.25) is 9.78 Å². The molecule has 3 heterocycles. The van der Waals surface area contributed by atoms with E-state index in [1.165, 1.54) is 0 Å². The van der Waals surface area contributed by atoms with Gasteiger partial charge in [0.2, 0.25) is 5.91 Å². The Bertz CT molecular complexity index is 559. The van der Waals surface area contributed by atoms with Crippen molar-refractivity contribution in [2.24, 2.45) is 0 Å². The monoisotopic (exact) mass is 284 g/mol. The molecule has 0 bridgehead atoms. The van der Waals surface area contributed by atoms with Crippen LogP contribution < -0.4 is 0 Å². The van der Waals surface area contributed by atoms with Gasteiger partial charge in [0.05, 0.1) is 0 Å². The molecule has 0 unspecified atom stereocenters. The molecule has 1 aliphatic rings. The van der Waals surface area contributed by atoms with Crippen LogP contribution in [0.25, 0.3) is 0 Å². The van der Waals surface area contributed by atoms with Gasteiger partial charge >= 0.3 is 0 Å². The number of carbonyl (C=O) groups is 1. The van der Waals surface area contributed by atoms with Gasteiger partial charge in [0.25, 0.3) is 0 Å². The van der Waals surface area contributed by atoms with Crippen LogP contribution in [-0.4, -0.2) is 38.8 Å². The number of rotatable bonds is 4. The second-order valence-electron chi connectivity index (χ2n) is 5.49. The average molecular weight is 284 g/mol. The van der Waals surface area contributed by atoms with Crippen LogP contribution in [0.5, 0.6) is 0 Å². The summed E-state index contributed by atoms with van der Waals surface area (Å²) >= 11 is 0. The maximum absolute atomic E-state index is 12.2. The topological polar surface area (TPSA) is 61.9 Å². The third-order valence-electron chi connectivity index (χ3n) is 4.10. The smallest absolute Gasteiger partial charge is 0.222 e. The van der Waals surface area contributed by atoms with Crippen LogP contribution in [-0.2, 0) is 11.2 Å². The van der Waals surface area contributed by atoms with Gasteiger partial charge < -0.3 is 9.88 Å². The summed E-state index contributed by atoms with van der Waals surface area (Å²) in [5.74, 6) is 1.76. The van der Waals surface area contributed by atoms with E-state index in [-0.39, 0.29) is 5.91 Å². The first kappa shape index (κ1) is 13.8. The second-order valence-corrected chi connectivity index (χ2v) is 5.49. The van der Waals surface area contributed by atoms with E-state index >= 15 is 0 Å². The summed E-state index contributed by atoms with van der Waals surface area (Å²) in [7, 11) is 0. The highest BCUT2D eigenvalue weighted by Gasteiger charge is 2.24. The predicted octanol–water partition coefficient (Wildman–Crippen LogP) is 2.14. The molecule has 1 N–H and O–H groups in total. The first-order valence-corrected chi connectivity index (χ1v) is 7.49. The lowest BCUT2D eigenvalue weighted by atomic mass is 9.96.